The monoisotopic (exact) mass is 356 g/mol. The fraction of sp³-hybridized carbons (Fsp3) is 0.158. The van der Waals surface area contributed by atoms with Crippen molar-refractivity contribution in [2.45, 2.75) is 20.1 Å². The van der Waals surface area contributed by atoms with Crippen molar-refractivity contribution in [1.82, 2.24) is 10.3 Å². The predicted octanol–water partition coefficient (Wildman–Crippen LogP) is 4.10. The van der Waals surface area contributed by atoms with E-state index >= 15 is 0 Å². The highest BCUT2D eigenvalue weighted by Gasteiger charge is 2.15. The summed E-state index contributed by atoms with van der Waals surface area (Å²) >= 11 is 1.30. The van der Waals surface area contributed by atoms with Crippen LogP contribution < -0.4 is 10.1 Å². The molecule has 1 heterocycles. The zero-order chi connectivity index (χ0) is 17.6. The van der Waals surface area contributed by atoms with E-state index in [-0.39, 0.29) is 18.3 Å². The number of nitrogens with one attached hydrogen (secondary N) is 1. The molecule has 0 aliphatic heterocycles. The van der Waals surface area contributed by atoms with E-state index in [1.807, 2.05) is 30.3 Å². The molecular formula is C19H17FN2O2S. The van der Waals surface area contributed by atoms with Gasteiger partial charge in [0.2, 0.25) is 0 Å². The molecule has 0 bridgehead atoms. The summed E-state index contributed by atoms with van der Waals surface area (Å²) in [6.45, 7) is 2.51. The van der Waals surface area contributed by atoms with E-state index in [1.165, 1.54) is 23.5 Å². The molecule has 0 saturated carbocycles. The van der Waals surface area contributed by atoms with Gasteiger partial charge in [0.15, 0.2) is 0 Å². The molecular weight excluding hydrogens is 339 g/mol. The van der Waals surface area contributed by atoms with Crippen LogP contribution in [0.15, 0.2) is 54.6 Å². The van der Waals surface area contributed by atoms with Crippen molar-refractivity contribution >= 4 is 17.2 Å². The zero-order valence-corrected chi connectivity index (χ0v) is 14.5. The van der Waals surface area contributed by atoms with Gasteiger partial charge in [-0.25, -0.2) is 9.37 Å². The topological polar surface area (TPSA) is 51.2 Å². The first-order valence-corrected chi connectivity index (χ1v) is 8.60. The number of carbonyl (C=O) groups is 1. The molecule has 0 spiro atoms. The Morgan fingerprint density at radius 1 is 1.16 bits per heavy atom. The lowest BCUT2D eigenvalue weighted by Crippen LogP contribution is -2.22. The fourth-order valence-corrected chi connectivity index (χ4v) is 3.15. The average Bonchev–Trinajstić information content (AvgIpc) is 3.01. The molecule has 0 unspecified atom stereocenters. The van der Waals surface area contributed by atoms with Gasteiger partial charge in [0.25, 0.3) is 5.91 Å². The maximum atomic E-state index is 12.9. The third kappa shape index (κ3) is 4.64. The Morgan fingerprint density at radius 2 is 1.88 bits per heavy atom. The zero-order valence-electron chi connectivity index (χ0n) is 13.7. The molecule has 2 aromatic carbocycles. The molecule has 1 N–H and O–H groups in total. The number of carbonyl (C=O) groups excluding carboxylic acids is 1. The summed E-state index contributed by atoms with van der Waals surface area (Å²) in [5.41, 5.74) is 1.71. The Morgan fingerprint density at radius 3 is 2.60 bits per heavy atom. The second kappa shape index (κ2) is 7.90. The van der Waals surface area contributed by atoms with Crippen molar-refractivity contribution < 1.29 is 13.9 Å². The number of amides is 1. The lowest BCUT2D eigenvalue weighted by Gasteiger charge is -2.04. The lowest BCUT2D eigenvalue weighted by atomic mass is 10.2. The van der Waals surface area contributed by atoms with Gasteiger partial charge in [-0.2, -0.15) is 0 Å². The number of benzene rings is 2. The fourth-order valence-electron chi connectivity index (χ4n) is 2.26. The molecule has 0 radical (unpaired) electrons. The van der Waals surface area contributed by atoms with Crippen LogP contribution in [0.4, 0.5) is 4.39 Å². The quantitative estimate of drug-likeness (QED) is 0.723. The van der Waals surface area contributed by atoms with Crippen molar-refractivity contribution in [3.8, 4) is 5.75 Å². The first-order valence-electron chi connectivity index (χ1n) is 7.78. The number of hydrogen-bond acceptors (Lipinski definition) is 4. The van der Waals surface area contributed by atoms with Crippen molar-refractivity contribution in [3.63, 3.8) is 0 Å². The maximum absolute atomic E-state index is 12.9. The van der Waals surface area contributed by atoms with Crippen LogP contribution >= 0.6 is 11.3 Å². The van der Waals surface area contributed by atoms with E-state index < -0.39 is 0 Å². The highest BCUT2D eigenvalue weighted by molar-refractivity contribution is 7.13. The number of ether oxygens (including phenoxy) is 1. The number of aryl methyl sites for hydroxylation is 1. The van der Waals surface area contributed by atoms with Gasteiger partial charge in [-0.05, 0) is 36.8 Å². The molecule has 0 aliphatic carbocycles. The van der Waals surface area contributed by atoms with Gasteiger partial charge in [0.05, 0.1) is 5.69 Å². The SMILES string of the molecule is Cc1nc(COc2ccc(F)cc2)sc1C(=O)NCc1ccccc1. The van der Waals surface area contributed by atoms with Gasteiger partial charge in [-0.3, -0.25) is 4.79 Å². The molecule has 0 saturated heterocycles. The van der Waals surface area contributed by atoms with Crippen molar-refractivity contribution in [3.05, 3.63) is 81.6 Å². The summed E-state index contributed by atoms with van der Waals surface area (Å²) in [7, 11) is 0. The van der Waals surface area contributed by atoms with E-state index in [2.05, 4.69) is 10.3 Å². The minimum Gasteiger partial charge on any atom is -0.486 e. The molecule has 4 nitrogen and oxygen atoms in total. The summed E-state index contributed by atoms with van der Waals surface area (Å²) in [5.74, 6) is 0.103. The summed E-state index contributed by atoms with van der Waals surface area (Å²) < 4.78 is 18.5. The number of rotatable bonds is 6. The first-order chi connectivity index (χ1) is 12.1. The van der Waals surface area contributed by atoms with Crippen molar-refractivity contribution in [1.29, 1.82) is 0 Å². The Kier molecular flexibility index (Phi) is 5.40. The Bertz CT molecular complexity index is 848. The van der Waals surface area contributed by atoms with Crippen molar-refractivity contribution in [2.75, 3.05) is 0 Å². The lowest BCUT2D eigenvalue weighted by molar-refractivity contribution is 0.0954. The minimum atomic E-state index is -0.310. The van der Waals surface area contributed by atoms with Crippen LogP contribution in [-0.4, -0.2) is 10.9 Å². The number of hydrogen-bond donors (Lipinski definition) is 1. The van der Waals surface area contributed by atoms with E-state index in [0.29, 0.717) is 27.9 Å². The summed E-state index contributed by atoms with van der Waals surface area (Å²) in [6, 6.07) is 15.5. The van der Waals surface area contributed by atoms with E-state index in [9.17, 15) is 9.18 Å². The second-order valence-corrected chi connectivity index (χ2v) is 6.52. The Labute approximate surface area is 149 Å². The standard InChI is InChI=1S/C19H17FN2O2S/c1-13-18(19(23)21-11-14-5-3-2-4-6-14)25-17(22-13)12-24-16-9-7-15(20)8-10-16/h2-10H,11-12H2,1H3,(H,21,23). The molecule has 0 aliphatic rings. The highest BCUT2D eigenvalue weighted by atomic mass is 32.1. The number of halogens is 1. The van der Waals surface area contributed by atoms with Crippen LogP contribution in [0.25, 0.3) is 0 Å². The molecule has 1 aromatic heterocycles. The minimum absolute atomic E-state index is 0.146. The van der Waals surface area contributed by atoms with E-state index in [4.69, 9.17) is 4.74 Å². The predicted molar refractivity (Wildman–Crippen MR) is 95.2 cm³/mol. The normalized spacial score (nSPS) is 10.5. The van der Waals surface area contributed by atoms with E-state index in [1.54, 1.807) is 19.1 Å². The second-order valence-electron chi connectivity index (χ2n) is 5.43. The maximum Gasteiger partial charge on any atom is 0.263 e. The van der Waals surface area contributed by atoms with Gasteiger partial charge in [0, 0.05) is 6.54 Å². The smallest absolute Gasteiger partial charge is 0.263 e. The van der Waals surface area contributed by atoms with Gasteiger partial charge < -0.3 is 10.1 Å². The Balaban J connectivity index is 1.59. The molecule has 25 heavy (non-hydrogen) atoms. The molecule has 1 amide bonds. The van der Waals surface area contributed by atoms with Crippen LogP contribution in [0.3, 0.4) is 0 Å². The molecule has 128 valence electrons. The molecule has 3 rings (SSSR count). The van der Waals surface area contributed by atoms with Crippen LogP contribution in [0, 0.1) is 12.7 Å². The molecule has 0 fully saturated rings. The number of thiazole rings is 1. The molecule has 0 atom stereocenters. The van der Waals surface area contributed by atoms with Crippen LogP contribution in [0.2, 0.25) is 0 Å². The number of aromatic nitrogens is 1. The van der Waals surface area contributed by atoms with Crippen LogP contribution in [0.1, 0.15) is 25.9 Å². The number of nitrogens with zero attached hydrogens (tertiary/aromatic N) is 1. The molecule has 6 heteroatoms. The van der Waals surface area contributed by atoms with Gasteiger partial charge in [0.1, 0.15) is 28.1 Å². The first kappa shape index (κ1) is 17.1. The summed E-state index contributed by atoms with van der Waals surface area (Å²) in [6.07, 6.45) is 0. The highest BCUT2D eigenvalue weighted by Crippen LogP contribution is 2.20. The van der Waals surface area contributed by atoms with E-state index in [0.717, 1.165) is 5.56 Å². The van der Waals surface area contributed by atoms with Gasteiger partial charge in [-0.1, -0.05) is 30.3 Å². The van der Waals surface area contributed by atoms with Gasteiger partial charge >= 0.3 is 0 Å². The third-order valence-electron chi connectivity index (χ3n) is 3.52. The molecule has 3 aromatic rings. The summed E-state index contributed by atoms with van der Waals surface area (Å²) in [4.78, 5) is 17.3. The average molecular weight is 356 g/mol. The van der Waals surface area contributed by atoms with Crippen LogP contribution in [0.5, 0.6) is 5.75 Å². The van der Waals surface area contributed by atoms with Crippen molar-refractivity contribution in [2.24, 2.45) is 0 Å². The van der Waals surface area contributed by atoms with Crippen LogP contribution in [-0.2, 0) is 13.2 Å². The van der Waals surface area contributed by atoms with Gasteiger partial charge in [-0.15, -0.1) is 11.3 Å². The third-order valence-corrected chi connectivity index (χ3v) is 4.65. The summed E-state index contributed by atoms with van der Waals surface area (Å²) in [5, 5.41) is 3.60. The Hall–Kier alpha value is -2.73. The largest absolute Gasteiger partial charge is 0.486 e.